The van der Waals surface area contributed by atoms with E-state index in [-0.39, 0.29) is 5.28 Å². The van der Waals surface area contributed by atoms with Gasteiger partial charge in [0.1, 0.15) is 5.82 Å². The van der Waals surface area contributed by atoms with Gasteiger partial charge in [-0.3, -0.25) is 0 Å². The summed E-state index contributed by atoms with van der Waals surface area (Å²) in [6, 6.07) is 1.81. The van der Waals surface area contributed by atoms with Crippen molar-refractivity contribution in [1.29, 1.82) is 0 Å². The van der Waals surface area contributed by atoms with E-state index in [0.29, 0.717) is 5.92 Å². The van der Waals surface area contributed by atoms with Crippen LogP contribution >= 0.6 is 11.6 Å². The van der Waals surface area contributed by atoms with Crippen LogP contribution in [0.1, 0.15) is 20.3 Å². The van der Waals surface area contributed by atoms with Gasteiger partial charge in [0, 0.05) is 12.7 Å². The molecule has 0 spiro atoms. The maximum Gasteiger partial charge on any atom is 0.224 e. The molecule has 0 unspecified atom stereocenters. The van der Waals surface area contributed by atoms with E-state index in [1.54, 1.807) is 6.20 Å². The Morgan fingerprint density at radius 1 is 1.54 bits per heavy atom. The van der Waals surface area contributed by atoms with E-state index in [1.807, 2.05) is 6.07 Å². The molecule has 0 saturated carbocycles. The van der Waals surface area contributed by atoms with Crippen molar-refractivity contribution in [3.8, 4) is 0 Å². The quantitative estimate of drug-likeness (QED) is 0.758. The summed E-state index contributed by atoms with van der Waals surface area (Å²) in [5.41, 5.74) is 0. The molecule has 3 nitrogen and oxygen atoms in total. The number of hydrogen-bond acceptors (Lipinski definition) is 3. The first-order valence-electron chi connectivity index (χ1n) is 4.41. The van der Waals surface area contributed by atoms with E-state index in [0.717, 1.165) is 18.8 Å². The van der Waals surface area contributed by atoms with Crippen LogP contribution in [0.3, 0.4) is 0 Å². The molecule has 0 amide bonds. The molecule has 72 valence electrons. The molecule has 13 heavy (non-hydrogen) atoms. The normalized spacial score (nSPS) is 10.5. The first kappa shape index (κ1) is 10.3. The zero-order valence-corrected chi connectivity index (χ0v) is 8.67. The summed E-state index contributed by atoms with van der Waals surface area (Å²) >= 11 is 5.62. The van der Waals surface area contributed by atoms with Gasteiger partial charge in [0.15, 0.2) is 0 Å². The van der Waals surface area contributed by atoms with E-state index in [2.05, 4.69) is 29.1 Å². The van der Waals surface area contributed by atoms with Gasteiger partial charge >= 0.3 is 0 Å². The molecule has 4 heteroatoms. The number of anilines is 1. The Morgan fingerprint density at radius 3 is 2.92 bits per heavy atom. The highest BCUT2D eigenvalue weighted by Crippen LogP contribution is 2.06. The third-order valence-corrected chi connectivity index (χ3v) is 1.84. The monoisotopic (exact) mass is 199 g/mol. The molecule has 1 heterocycles. The summed E-state index contributed by atoms with van der Waals surface area (Å²) in [6.07, 6.45) is 2.77. The van der Waals surface area contributed by atoms with Crippen LogP contribution < -0.4 is 5.32 Å². The largest absolute Gasteiger partial charge is 0.370 e. The number of nitrogens with zero attached hydrogens (tertiary/aromatic N) is 2. The lowest BCUT2D eigenvalue weighted by Crippen LogP contribution is -2.06. The minimum Gasteiger partial charge on any atom is -0.370 e. The number of nitrogens with one attached hydrogen (secondary N) is 1. The van der Waals surface area contributed by atoms with Gasteiger partial charge in [-0.15, -0.1) is 0 Å². The fourth-order valence-corrected chi connectivity index (χ4v) is 1.07. The number of aromatic nitrogens is 2. The van der Waals surface area contributed by atoms with Crippen molar-refractivity contribution in [3.05, 3.63) is 17.5 Å². The minimum absolute atomic E-state index is 0.287. The van der Waals surface area contributed by atoms with Crippen LogP contribution in [-0.4, -0.2) is 16.5 Å². The summed E-state index contributed by atoms with van der Waals surface area (Å²) < 4.78 is 0. The van der Waals surface area contributed by atoms with Gasteiger partial charge in [0.25, 0.3) is 0 Å². The molecule has 0 aromatic carbocycles. The molecule has 0 atom stereocenters. The van der Waals surface area contributed by atoms with Gasteiger partial charge < -0.3 is 5.32 Å². The maximum absolute atomic E-state index is 5.62. The highest BCUT2D eigenvalue weighted by atomic mass is 35.5. The second-order valence-electron chi connectivity index (χ2n) is 3.32. The fraction of sp³-hybridized carbons (Fsp3) is 0.556. The molecule has 1 aromatic heterocycles. The van der Waals surface area contributed by atoms with E-state index in [1.165, 1.54) is 0 Å². The molecular formula is C9H14ClN3. The van der Waals surface area contributed by atoms with Crippen LogP contribution in [0.5, 0.6) is 0 Å². The molecule has 0 saturated heterocycles. The molecule has 0 bridgehead atoms. The summed E-state index contributed by atoms with van der Waals surface area (Å²) in [7, 11) is 0. The standard InChI is InChI=1S/C9H14ClN3/c1-7(2)3-5-11-8-4-6-12-9(10)13-8/h4,6-7H,3,5H2,1-2H3,(H,11,12,13). The van der Waals surface area contributed by atoms with Gasteiger partial charge in [-0.2, -0.15) is 0 Å². The Morgan fingerprint density at radius 2 is 2.31 bits per heavy atom. The van der Waals surface area contributed by atoms with Gasteiger partial charge in [-0.05, 0) is 30.0 Å². The highest BCUT2D eigenvalue weighted by molar-refractivity contribution is 6.28. The smallest absolute Gasteiger partial charge is 0.224 e. The van der Waals surface area contributed by atoms with E-state index >= 15 is 0 Å². The Balaban J connectivity index is 2.37. The summed E-state index contributed by atoms with van der Waals surface area (Å²) in [4.78, 5) is 7.81. The maximum atomic E-state index is 5.62. The van der Waals surface area contributed by atoms with Crippen molar-refractivity contribution in [2.24, 2.45) is 5.92 Å². The summed E-state index contributed by atoms with van der Waals surface area (Å²) in [6.45, 7) is 5.30. The van der Waals surface area contributed by atoms with Gasteiger partial charge in [-0.25, -0.2) is 9.97 Å². The lowest BCUT2D eigenvalue weighted by atomic mass is 10.1. The highest BCUT2D eigenvalue weighted by Gasteiger charge is 1.96. The SMILES string of the molecule is CC(C)CCNc1ccnc(Cl)n1. The summed E-state index contributed by atoms with van der Waals surface area (Å²) in [5.74, 6) is 1.49. The van der Waals surface area contributed by atoms with E-state index < -0.39 is 0 Å². The molecule has 0 aliphatic rings. The average Bonchev–Trinajstić information content (AvgIpc) is 2.03. The second kappa shape index (κ2) is 5.02. The Labute approximate surface area is 83.5 Å². The van der Waals surface area contributed by atoms with Crippen LogP contribution in [0.2, 0.25) is 5.28 Å². The van der Waals surface area contributed by atoms with Crippen LogP contribution in [0.15, 0.2) is 12.3 Å². The fourth-order valence-electron chi connectivity index (χ4n) is 0.922. The lowest BCUT2D eigenvalue weighted by Gasteiger charge is -2.06. The molecule has 0 radical (unpaired) electrons. The van der Waals surface area contributed by atoms with E-state index in [4.69, 9.17) is 11.6 Å². The predicted molar refractivity (Wildman–Crippen MR) is 55.0 cm³/mol. The molecule has 0 aliphatic heterocycles. The first-order valence-corrected chi connectivity index (χ1v) is 4.78. The third kappa shape index (κ3) is 4.08. The van der Waals surface area contributed by atoms with Crippen molar-refractivity contribution in [3.63, 3.8) is 0 Å². The molecule has 0 fully saturated rings. The number of halogens is 1. The van der Waals surface area contributed by atoms with Crippen LogP contribution in [-0.2, 0) is 0 Å². The van der Waals surface area contributed by atoms with Gasteiger partial charge in [0.2, 0.25) is 5.28 Å². The number of rotatable bonds is 4. The molecule has 0 aliphatic carbocycles. The molecule has 1 N–H and O–H groups in total. The van der Waals surface area contributed by atoms with Crippen molar-refractivity contribution in [1.82, 2.24) is 9.97 Å². The van der Waals surface area contributed by atoms with Gasteiger partial charge in [-0.1, -0.05) is 13.8 Å². The third-order valence-electron chi connectivity index (χ3n) is 1.65. The van der Waals surface area contributed by atoms with Crippen LogP contribution in [0.4, 0.5) is 5.82 Å². The van der Waals surface area contributed by atoms with Crippen LogP contribution in [0, 0.1) is 5.92 Å². The topological polar surface area (TPSA) is 37.8 Å². The second-order valence-corrected chi connectivity index (χ2v) is 3.66. The van der Waals surface area contributed by atoms with E-state index in [9.17, 15) is 0 Å². The van der Waals surface area contributed by atoms with Crippen LogP contribution in [0.25, 0.3) is 0 Å². The molecular weight excluding hydrogens is 186 g/mol. The Hall–Kier alpha value is -0.830. The Bertz CT molecular complexity index is 263. The van der Waals surface area contributed by atoms with Crippen molar-refractivity contribution >= 4 is 17.4 Å². The minimum atomic E-state index is 0.287. The Kier molecular flexibility index (Phi) is 3.96. The average molecular weight is 200 g/mol. The van der Waals surface area contributed by atoms with Crippen molar-refractivity contribution < 1.29 is 0 Å². The van der Waals surface area contributed by atoms with Crippen molar-refractivity contribution in [2.75, 3.05) is 11.9 Å². The zero-order chi connectivity index (χ0) is 9.68. The predicted octanol–water partition coefficient (Wildman–Crippen LogP) is 2.59. The lowest BCUT2D eigenvalue weighted by molar-refractivity contribution is 0.606. The summed E-state index contributed by atoms with van der Waals surface area (Å²) in [5, 5.41) is 3.47. The van der Waals surface area contributed by atoms with Gasteiger partial charge in [0.05, 0.1) is 0 Å². The first-order chi connectivity index (χ1) is 6.18. The zero-order valence-electron chi connectivity index (χ0n) is 7.92. The van der Waals surface area contributed by atoms with Crippen molar-refractivity contribution in [2.45, 2.75) is 20.3 Å². The number of hydrogen-bond donors (Lipinski definition) is 1. The molecule has 1 aromatic rings. The molecule has 1 rings (SSSR count).